The molecule has 3 aromatic carbocycles. The number of nitrogens with zero attached hydrogens (tertiary/aromatic N) is 8. The minimum atomic E-state index is -0.682. The van der Waals surface area contributed by atoms with E-state index in [9.17, 15) is 14.9 Å². The number of piperidine rings is 1. The minimum absolute atomic E-state index is 0.0268. The molecule has 2 aliphatic carbocycles. The van der Waals surface area contributed by atoms with E-state index >= 15 is 8.78 Å². The van der Waals surface area contributed by atoms with Crippen LogP contribution in [0.2, 0.25) is 0 Å². The zero-order valence-electron chi connectivity index (χ0n) is 34.7. The predicted molar refractivity (Wildman–Crippen MR) is 233 cm³/mol. The minimum Gasteiger partial charge on any atom is -0.453 e. The van der Waals surface area contributed by atoms with E-state index in [2.05, 4.69) is 36.0 Å². The lowest BCUT2D eigenvalue weighted by Gasteiger charge is -2.63. The lowest BCUT2D eigenvalue weighted by molar-refractivity contribution is -0.117. The van der Waals surface area contributed by atoms with Gasteiger partial charge in [-0.3, -0.25) is 18.8 Å². The molecular formula is C44H49F2N11O4S. The highest BCUT2D eigenvalue weighted by Crippen LogP contribution is 2.57. The second kappa shape index (κ2) is 15.7. The monoisotopic (exact) mass is 865 g/mol. The van der Waals surface area contributed by atoms with Crippen molar-refractivity contribution in [1.29, 1.82) is 5.26 Å². The van der Waals surface area contributed by atoms with Crippen molar-refractivity contribution in [1.82, 2.24) is 28.5 Å². The van der Waals surface area contributed by atoms with Crippen LogP contribution in [0.4, 0.5) is 26.0 Å². The topological polar surface area (TPSA) is 172 Å². The number of benzene rings is 3. The Morgan fingerprint density at radius 1 is 1.02 bits per heavy atom. The molecule has 15 nitrogen and oxygen atoms in total. The highest BCUT2D eigenvalue weighted by molar-refractivity contribution is 7.98. The molecule has 324 valence electrons. The quantitative estimate of drug-likeness (QED) is 0.120. The molecular weight excluding hydrogens is 817 g/mol. The van der Waals surface area contributed by atoms with Crippen molar-refractivity contribution in [3.8, 4) is 17.6 Å². The summed E-state index contributed by atoms with van der Waals surface area (Å²) in [6.45, 7) is 5.55. The summed E-state index contributed by atoms with van der Waals surface area (Å²) in [4.78, 5) is 34.5. The van der Waals surface area contributed by atoms with Gasteiger partial charge < -0.3 is 35.0 Å². The maximum Gasteiger partial charge on any atom is 0.261 e. The number of likely N-dealkylation sites (tertiary alicyclic amines) is 1. The summed E-state index contributed by atoms with van der Waals surface area (Å²) in [5, 5.41) is 18.7. The number of nitrogens with two attached hydrogens (primary N) is 1. The Balaban J connectivity index is 0.727. The lowest BCUT2D eigenvalue weighted by Crippen LogP contribution is -2.67. The third-order valence-electron chi connectivity index (χ3n) is 14.0. The fraction of sp³-hybridized carbons (Fsp3) is 0.477. The molecule has 0 bridgehead atoms. The van der Waals surface area contributed by atoms with E-state index in [4.69, 9.17) is 15.2 Å². The van der Waals surface area contributed by atoms with Gasteiger partial charge in [-0.2, -0.15) is 10.4 Å². The van der Waals surface area contributed by atoms with Crippen LogP contribution in [0.3, 0.4) is 0 Å². The SMILES string of the molecule is COC1CN(SNc2ccc(F)c(Oc3ccc4ncn(C5CC6(CCN(C7CC8(C7)CN(c7cc9c(cc7F)c(NCCC(N)=O)nn9C)C8)CC6)C5)c(=O)c4c3)c2C#N)C1. The van der Waals surface area contributed by atoms with Gasteiger partial charge in [0.15, 0.2) is 17.4 Å². The smallest absolute Gasteiger partial charge is 0.261 e. The van der Waals surface area contributed by atoms with Crippen molar-refractivity contribution in [3.63, 3.8) is 0 Å². The molecule has 3 aliphatic heterocycles. The average Bonchev–Trinajstić information content (AvgIpc) is 3.50. The summed E-state index contributed by atoms with van der Waals surface area (Å²) in [7, 11) is 3.51. The number of rotatable bonds is 13. The molecule has 5 aromatic rings. The number of amides is 1. The number of aryl methyl sites for hydroxylation is 1. The Bertz CT molecular complexity index is 2670. The van der Waals surface area contributed by atoms with Crippen LogP contribution in [0.1, 0.15) is 56.6 Å². The summed E-state index contributed by atoms with van der Waals surface area (Å²) in [6, 6.07) is 13.7. The standard InChI is InChI=1S/C44H49F2N11O4S/c1-53-37-15-38(34(46)14-31(37)41(51-53)49-10-7-39(48)58)55-23-44(24-55)16-26(17-44)54-11-8-43(9-12-54)18-27(19-43)57-25-50-35-5-3-28(13-30(35)42(57)59)61-40-32(20-47)36(6-4-33(40)45)52-62-56-21-29(22-56)60-2/h3-6,13-15,25-27,29,52H,7-12,16-19,21-24H2,1-2H3,(H2,48,58)(H,49,51). The zero-order chi connectivity index (χ0) is 42.9. The van der Waals surface area contributed by atoms with Crippen LogP contribution in [0.15, 0.2) is 53.6 Å². The van der Waals surface area contributed by atoms with Crippen LogP contribution in [-0.4, -0.2) is 99.5 Å². The van der Waals surface area contributed by atoms with Gasteiger partial charge in [-0.15, -0.1) is 0 Å². The van der Waals surface area contributed by atoms with Gasteiger partial charge in [-0.25, -0.2) is 18.1 Å². The van der Waals surface area contributed by atoms with Crippen LogP contribution in [0.5, 0.6) is 11.5 Å². The normalized spacial score (nSPS) is 21.0. The molecule has 4 N–H and O–H groups in total. The van der Waals surface area contributed by atoms with Crippen molar-refractivity contribution < 1.29 is 23.0 Å². The van der Waals surface area contributed by atoms with Gasteiger partial charge in [0.25, 0.3) is 5.56 Å². The lowest BCUT2D eigenvalue weighted by atomic mass is 9.57. The third kappa shape index (κ3) is 7.27. The van der Waals surface area contributed by atoms with E-state index in [0.717, 1.165) is 83.3 Å². The summed E-state index contributed by atoms with van der Waals surface area (Å²) in [6.07, 6.45) is 8.23. The van der Waals surface area contributed by atoms with E-state index in [1.54, 1.807) is 40.9 Å². The van der Waals surface area contributed by atoms with Crippen LogP contribution >= 0.6 is 12.1 Å². The largest absolute Gasteiger partial charge is 0.453 e. The molecule has 2 aromatic heterocycles. The van der Waals surface area contributed by atoms with E-state index < -0.39 is 11.7 Å². The number of anilines is 3. The Labute approximate surface area is 361 Å². The molecule has 3 saturated heterocycles. The molecule has 18 heteroatoms. The molecule has 5 fully saturated rings. The highest BCUT2D eigenvalue weighted by atomic mass is 32.2. The van der Waals surface area contributed by atoms with Crippen molar-refractivity contribution >= 4 is 57.0 Å². The van der Waals surface area contributed by atoms with Crippen molar-refractivity contribution in [2.75, 3.05) is 67.9 Å². The first-order valence-electron chi connectivity index (χ1n) is 21.2. The number of fused-ring (bicyclic) bond motifs is 2. The number of aromatic nitrogens is 4. The highest BCUT2D eigenvalue weighted by Gasteiger charge is 2.56. The molecule has 62 heavy (non-hydrogen) atoms. The number of nitrogens with one attached hydrogen (secondary N) is 2. The molecule has 0 radical (unpaired) electrons. The summed E-state index contributed by atoms with van der Waals surface area (Å²) < 4.78 is 50.6. The van der Waals surface area contributed by atoms with Gasteiger partial charge in [0, 0.05) is 88.3 Å². The maximum atomic E-state index is 15.5. The number of carbonyl (C=O) groups excluding carboxylic acids is 1. The van der Waals surface area contributed by atoms with Crippen LogP contribution < -0.4 is 31.0 Å². The number of halogens is 2. The number of primary amides is 1. The fourth-order valence-corrected chi connectivity index (χ4v) is 11.3. The Morgan fingerprint density at radius 3 is 2.50 bits per heavy atom. The van der Waals surface area contributed by atoms with E-state index in [1.165, 1.54) is 30.3 Å². The molecule has 5 heterocycles. The second-order valence-corrected chi connectivity index (χ2v) is 18.9. The van der Waals surface area contributed by atoms with Gasteiger partial charge >= 0.3 is 0 Å². The fourth-order valence-electron chi connectivity index (χ4n) is 10.4. The Hall–Kier alpha value is -5.48. The molecule has 2 saturated carbocycles. The van der Waals surface area contributed by atoms with Gasteiger partial charge in [0.05, 0.1) is 40.2 Å². The van der Waals surface area contributed by atoms with E-state index in [0.29, 0.717) is 46.1 Å². The number of hydrogen-bond acceptors (Lipinski definition) is 13. The number of hydrogen-bond donors (Lipinski definition) is 3. The molecule has 0 atom stereocenters. The third-order valence-corrected chi connectivity index (χ3v) is 14.9. The number of carbonyl (C=O) groups is 1. The molecule has 10 rings (SSSR count). The first kappa shape index (κ1) is 40.6. The molecule has 0 unspecified atom stereocenters. The summed E-state index contributed by atoms with van der Waals surface area (Å²) >= 11 is 1.32. The van der Waals surface area contributed by atoms with Gasteiger partial charge in [0.2, 0.25) is 5.91 Å². The number of ether oxygens (including phenoxy) is 2. The van der Waals surface area contributed by atoms with Gasteiger partial charge in [-0.05, 0) is 99.5 Å². The molecule has 2 spiro atoms. The average molecular weight is 866 g/mol. The summed E-state index contributed by atoms with van der Waals surface area (Å²) in [5.74, 6) is -0.789. The van der Waals surface area contributed by atoms with Crippen LogP contribution in [-0.2, 0) is 16.6 Å². The van der Waals surface area contributed by atoms with Crippen LogP contribution in [0, 0.1) is 33.8 Å². The first-order valence-corrected chi connectivity index (χ1v) is 22.0. The van der Waals surface area contributed by atoms with Crippen molar-refractivity contribution in [3.05, 3.63) is 76.3 Å². The number of methoxy groups -OCH3 is 1. The maximum absolute atomic E-state index is 15.5. The first-order chi connectivity index (χ1) is 29.9. The molecule has 1 amide bonds. The molecule has 5 aliphatic rings. The number of nitriles is 1. The van der Waals surface area contributed by atoms with E-state index in [1.807, 2.05) is 17.4 Å². The van der Waals surface area contributed by atoms with E-state index in [-0.39, 0.29) is 57.8 Å². The second-order valence-electron chi connectivity index (χ2n) is 18.0. The van der Waals surface area contributed by atoms with Crippen molar-refractivity contribution in [2.24, 2.45) is 23.6 Å². The Kier molecular flexibility index (Phi) is 10.3. The van der Waals surface area contributed by atoms with Gasteiger partial charge in [0.1, 0.15) is 23.2 Å². The van der Waals surface area contributed by atoms with Gasteiger partial charge in [-0.1, -0.05) is 0 Å². The Morgan fingerprint density at radius 2 is 1.77 bits per heavy atom. The van der Waals surface area contributed by atoms with Crippen molar-refractivity contribution in [2.45, 2.75) is 63.1 Å². The summed E-state index contributed by atoms with van der Waals surface area (Å²) in [5.41, 5.74) is 7.93. The van der Waals surface area contributed by atoms with Crippen LogP contribution in [0.25, 0.3) is 21.8 Å². The zero-order valence-corrected chi connectivity index (χ0v) is 35.5. The predicted octanol–water partition coefficient (Wildman–Crippen LogP) is 5.90.